The van der Waals surface area contributed by atoms with E-state index in [1.165, 1.54) is 24.2 Å². The van der Waals surface area contributed by atoms with Crippen LogP contribution in [-0.2, 0) is 4.79 Å². The molecule has 5 rings (SSSR count). The Balaban J connectivity index is 1.33. The maximum absolute atomic E-state index is 13.1. The highest BCUT2D eigenvalue weighted by Gasteiger charge is 2.50. The second-order valence-corrected chi connectivity index (χ2v) is 8.65. The molecule has 4 heterocycles. The first-order valence-corrected chi connectivity index (χ1v) is 10.0. The van der Waals surface area contributed by atoms with E-state index in [1.54, 1.807) is 6.20 Å². The number of nitrogens with zero attached hydrogens (tertiary/aromatic N) is 4. The van der Waals surface area contributed by atoms with Crippen LogP contribution in [0.2, 0.25) is 0 Å². The van der Waals surface area contributed by atoms with Crippen molar-refractivity contribution >= 4 is 28.1 Å². The van der Waals surface area contributed by atoms with Gasteiger partial charge in [0.25, 0.3) is 5.91 Å². The molecule has 1 spiro atoms. The third kappa shape index (κ3) is 2.56. The molecule has 2 amide bonds. The Kier molecular flexibility index (Phi) is 3.42. The summed E-state index contributed by atoms with van der Waals surface area (Å²) in [7, 11) is 0. The lowest BCUT2D eigenvalue weighted by molar-refractivity contribution is -0.145. The van der Waals surface area contributed by atoms with Crippen molar-refractivity contribution in [3.05, 3.63) is 23.5 Å². The van der Waals surface area contributed by atoms with E-state index in [9.17, 15) is 9.59 Å². The standard InChI is InChI=1S/C18H22N4O2S/c23-15(14-11-21-8-9-25-17(21)19-14)22-7-5-18(12-22)4-1-6-20(16(18)24)10-13-2-3-13/h8-9,11,13H,1-7,10,12H2. The maximum atomic E-state index is 13.1. The first kappa shape index (κ1) is 15.4. The third-order valence-electron chi connectivity index (χ3n) is 5.95. The number of amides is 2. The minimum Gasteiger partial charge on any atom is -0.342 e. The smallest absolute Gasteiger partial charge is 0.274 e. The number of hydrogen-bond acceptors (Lipinski definition) is 4. The molecule has 1 unspecified atom stereocenters. The average molecular weight is 358 g/mol. The van der Waals surface area contributed by atoms with Crippen LogP contribution < -0.4 is 0 Å². The van der Waals surface area contributed by atoms with Crippen LogP contribution in [0, 0.1) is 11.3 Å². The van der Waals surface area contributed by atoms with Crippen molar-refractivity contribution in [3.63, 3.8) is 0 Å². The number of likely N-dealkylation sites (tertiary alicyclic amines) is 2. The molecular formula is C18H22N4O2S. The van der Waals surface area contributed by atoms with Crippen LogP contribution in [0.3, 0.4) is 0 Å². The molecular weight excluding hydrogens is 336 g/mol. The van der Waals surface area contributed by atoms with Crippen molar-refractivity contribution < 1.29 is 9.59 Å². The molecule has 0 N–H and O–H groups in total. The fourth-order valence-corrected chi connectivity index (χ4v) is 5.06. The molecule has 0 radical (unpaired) electrons. The quantitative estimate of drug-likeness (QED) is 0.846. The molecule has 3 aliphatic rings. The summed E-state index contributed by atoms with van der Waals surface area (Å²) in [5.41, 5.74) is 0.141. The van der Waals surface area contributed by atoms with Crippen molar-refractivity contribution in [1.82, 2.24) is 19.2 Å². The summed E-state index contributed by atoms with van der Waals surface area (Å²) >= 11 is 1.52. The zero-order valence-electron chi connectivity index (χ0n) is 14.2. The maximum Gasteiger partial charge on any atom is 0.274 e. The van der Waals surface area contributed by atoms with Gasteiger partial charge in [-0.05, 0) is 38.0 Å². The number of hydrogen-bond donors (Lipinski definition) is 0. The number of thiazole rings is 1. The molecule has 1 saturated carbocycles. The van der Waals surface area contributed by atoms with Crippen LogP contribution in [0.4, 0.5) is 0 Å². The van der Waals surface area contributed by atoms with Gasteiger partial charge in [-0.1, -0.05) is 0 Å². The van der Waals surface area contributed by atoms with Gasteiger partial charge in [0.15, 0.2) is 4.96 Å². The molecule has 132 valence electrons. The van der Waals surface area contributed by atoms with Crippen molar-refractivity contribution in [1.29, 1.82) is 0 Å². The van der Waals surface area contributed by atoms with Crippen molar-refractivity contribution in [2.75, 3.05) is 26.2 Å². The predicted molar refractivity (Wildman–Crippen MR) is 94.6 cm³/mol. The normalized spacial score (nSPS) is 27.0. The topological polar surface area (TPSA) is 57.9 Å². The summed E-state index contributed by atoms with van der Waals surface area (Å²) in [4.78, 5) is 35.1. The monoisotopic (exact) mass is 358 g/mol. The number of carbonyl (C=O) groups excluding carboxylic acids is 2. The van der Waals surface area contributed by atoms with Gasteiger partial charge in [0.1, 0.15) is 5.69 Å². The zero-order valence-corrected chi connectivity index (χ0v) is 15.0. The second kappa shape index (κ2) is 5.56. The van der Waals surface area contributed by atoms with Gasteiger partial charge in [-0.2, -0.15) is 0 Å². The fourth-order valence-electron chi connectivity index (χ4n) is 4.36. The van der Waals surface area contributed by atoms with E-state index >= 15 is 0 Å². The lowest BCUT2D eigenvalue weighted by Gasteiger charge is -2.39. The Morgan fingerprint density at radius 1 is 1.32 bits per heavy atom. The number of carbonyl (C=O) groups is 2. The van der Waals surface area contributed by atoms with Gasteiger partial charge in [0, 0.05) is 44.0 Å². The Bertz CT molecular complexity index is 811. The predicted octanol–water partition coefficient (Wildman–Crippen LogP) is 2.26. The second-order valence-electron chi connectivity index (χ2n) is 7.77. The van der Waals surface area contributed by atoms with Crippen LogP contribution in [-0.4, -0.2) is 57.2 Å². The van der Waals surface area contributed by atoms with Gasteiger partial charge in [-0.25, -0.2) is 4.98 Å². The van der Waals surface area contributed by atoms with Gasteiger partial charge in [0.05, 0.1) is 5.41 Å². The summed E-state index contributed by atoms with van der Waals surface area (Å²) in [6.07, 6.45) is 8.99. The Morgan fingerprint density at radius 2 is 2.20 bits per heavy atom. The molecule has 1 atom stereocenters. The molecule has 7 heteroatoms. The van der Waals surface area contributed by atoms with E-state index < -0.39 is 0 Å². The van der Waals surface area contributed by atoms with E-state index in [2.05, 4.69) is 9.88 Å². The summed E-state index contributed by atoms with van der Waals surface area (Å²) < 4.78 is 1.88. The third-order valence-corrected chi connectivity index (χ3v) is 6.72. The molecule has 1 aliphatic carbocycles. The van der Waals surface area contributed by atoms with Crippen LogP contribution in [0.15, 0.2) is 17.8 Å². The molecule has 2 aromatic rings. The van der Waals surface area contributed by atoms with Gasteiger partial charge >= 0.3 is 0 Å². The number of imidazole rings is 1. The molecule has 6 nitrogen and oxygen atoms in total. The summed E-state index contributed by atoms with van der Waals surface area (Å²) in [5, 5.41) is 1.95. The van der Waals surface area contributed by atoms with E-state index in [0.29, 0.717) is 18.8 Å². The van der Waals surface area contributed by atoms with E-state index in [1.807, 2.05) is 20.9 Å². The van der Waals surface area contributed by atoms with E-state index in [0.717, 1.165) is 43.2 Å². The van der Waals surface area contributed by atoms with E-state index in [-0.39, 0.29) is 17.2 Å². The fraction of sp³-hybridized carbons (Fsp3) is 0.611. The number of piperidine rings is 1. The SMILES string of the molecule is O=C(c1cn2ccsc2n1)N1CCC2(CCCN(CC3CC3)C2=O)C1. The summed E-state index contributed by atoms with van der Waals surface area (Å²) in [5.74, 6) is 0.961. The Hall–Kier alpha value is -1.89. The highest BCUT2D eigenvalue weighted by molar-refractivity contribution is 7.15. The molecule has 2 saturated heterocycles. The number of fused-ring (bicyclic) bond motifs is 1. The molecule has 2 aromatic heterocycles. The Labute approximate surface area is 150 Å². The lowest BCUT2D eigenvalue weighted by atomic mass is 9.78. The molecule has 0 bridgehead atoms. The zero-order chi connectivity index (χ0) is 17.0. The van der Waals surface area contributed by atoms with Gasteiger partial charge in [0.2, 0.25) is 5.91 Å². The first-order chi connectivity index (χ1) is 12.1. The minimum absolute atomic E-state index is 0.0418. The van der Waals surface area contributed by atoms with Crippen molar-refractivity contribution in [2.45, 2.75) is 32.1 Å². The van der Waals surface area contributed by atoms with Gasteiger partial charge in [-0.3, -0.25) is 14.0 Å². The van der Waals surface area contributed by atoms with Gasteiger partial charge in [-0.15, -0.1) is 11.3 Å². The minimum atomic E-state index is -0.347. The van der Waals surface area contributed by atoms with Crippen LogP contribution in [0.25, 0.3) is 4.96 Å². The summed E-state index contributed by atoms with van der Waals surface area (Å²) in [6, 6.07) is 0. The molecule has 2 aliphatic heterocycles. The number of rotatable bonds is 3. The Morgan fingerprint density at radius 3 is 3.00 bits per heavy atom. The lowest BCUT2D eigenvalue weighted by Crippen LogP contribution is -2.51. The van der Waals surface area contributed by atoms with Crippen LogP contribution in [0.5, 0.6) is 0 Å². The highest BCUT2D eigenvalue weighted by Crippen LogP contribution is 2.42. The van der Waals surface area contributed by atoms with Crippen molar-refractivity contribution in [2.24, 2.45) is 11.3 Å². The first-order valence-electron chi connectivity index (χ1n) is 9.15. The average Bonchev–Trinajstić information content (AvgIpc) is 2.99. The highest BCUT2D eigenvalue weighted by atomic mass is 32.1. The molecule has 0 aromatic carbocycles. The summed E-state index contributed by atoms with van der Waals surface area (Å²) in [6.45, 7) is 3.03. The largest absolute Gasteiger partial charge is 0.342 e. The van der Waals surface area contributed by atoms with Crippen LogP contribution in [0.1, 0.15) is 42.6 Å². The molecule has 3 fully saturated rings. The van der Waals surface area contributed by atoms with Crippen molar-refractivity contribution in [3.8, 4) is 0 Å². The van der Waals surface area contributed by atoms with Gasteiger partial charge < -0.3 is 9.80 Å². The number of aromatic nitrogens is 2. The molecule has 25 heavy (non-hydrogen) atoms. The van der Waals surface area contributed by atoms with E-state index in [4.69, 9.17) is 0 Å². The van der Waals surface area contributed by atoms with Crippen LogP contribution >= 0.6 is 11.3 Å².